The van der Waals surface area contributed by atoms with Crippen molar-refractivity contribution in [3.8, 4) is 6.07 Å². The van der Waals surface area contributed by atoms with Crippen LogP contribution in [0, 0.1) is 17.1 Å². The third-order valence-corrected chi connectivity index (χ3v) is 2.97. The third kappa shape index (κ3) is 2.52. The van der Waals surface area contributed by atoms with E-state index in [1.54, 1.807) is 13.0 Å². The molecule has 0 unspecified atom stereocenters. The highest BCUT2D eigenvalue weighted by atomic mass is 19.1. The van der Waals surface area contributed by atoms with Gasteiger partial charge in [-0.1, -0.05) is 6.07 Å². The maximum atomic E-state index is 13.2. The molecule has 5 nitrogen and oxygen atoms in total. The lowest BCUT2D eigenvalue weighted by Crippen LogP contribution is -2.39. The lowest BCUT2D eigenvalue weighted by atomic mass is 10.1. The van der Waals surface area contributed by atoms with E-state index in [4.69, 9.17) is 5.26 Å². The van der Waals surface area contributed by atoms with Crippen molar-refractivity contribution in [3.05, 3.63) is 68.2 Å². The van der Waals surface area contributed by atoms with E-state index in [0.29, 0.717) is 12.1 Å². The summed E-state index contributed by atoms with van der Waals surface area (Å²) >= 11 is 0. The van der Waals surface area contributed by atoms with Crippen molar-refractivity contribution in [1.82, 2.24) is 9.13 Å². The van der Waals surface area contributed by atoms with Crippen LogP contribution in [0.2, 0.25) is 0 Å². The normalized spacial score (nSPS) is 10.2. The van der Waals surface area contributed by atoms with Crippen molar-refractivity contribution in [2.45, 2.75) is 20.0 Å². The average Bonchev–Trinajstić information content (AvgIpc) is 2.45. The molecule has 2 rings (SSSR count). The molecule has 2 aromatic rings. The number of nitriles is 1. The summed E-state index contributed by atoms with van der Waals surface area (Å²) in [6.45, 7) is 2.25. The molecule has 0 spiro atoms. The molecule has 0 atom stereocenters. The van der Waals surface area contributed by atoms with Crippen LogP contribution in [-0.2, 0) is 13.1 Å². The minimum atomic E-state index is -0.623. The number of aromatic nitrogens is 2. The number of halogens is 1. The van der Waals surface area contributed by atoms with Crippen LogP contribution >= 0.6 is 0 Å². The summed E-state index contributed by atoms with van der Waals surface area (Å²) in [5, 5.41) is 8.78. The van der Waals surface area contributed by atoms with Crippen molar-refractivity contribution in [1.29, 1.82) is 5.26 Å². The Morgan fingerprint density at radius 1 is 1.30 bits per heavy atom. The van der Waals surface area contributed by atoms with Gasteiger partial charge in [0, 0.05) is 18.8 Å². The Hall–Kier alpha value is -2.68. The first kappa shape index (κ1) is 13.7. The van der Waals surface area contributed by atoms with E-state index in [2.05, 4.69) is 0 Å². The molecule has 0 aliphatic carbocycles. The number of benzene rings is 1. The van der Waals surface area contributed by atoms with Gasteiger partial charge in [0.15, 0.2) is 0 Å². The highest BCUT2D eigenvalue weighted by molar-refractivity contribution is 5.34. The van der Waals surface area contributed by atoms with Gasteiger partial charge in [-0.2, -0.15) is 5.26 Å². The van der Waals surface area contributed by atoms with E-state index in [-0.39, 0.29) is 12.1 Å². The van der Waals surface area contributed by atoms with E-state index >= 15 is 0 Å². The Morgan fingerprint density at radius 2 is 2.05 bits per heavy atom. The van der Waals surface area contributed by atoms with Gasteiger partial charge in [0.05, 0.1) is 12.1 Å². The Labute approximate surface area is 114 Å². The second-order valence-corrected chi connectivity index (χ2v) is 4.23. The van der Waals surface area contributed by atoms with E-state index < -0.39 is 17.1 Å². The van der Waals surface area contributed by atoms with Crippen LogP contribution in [0.5, 0.6) is 0 Å². The van der Waals surface area contributed by atoms with Gasteiger partial charge in [-0.05, 0) is 24.6 Å². The second-order valence-electron chi connectivity index (χ2n) is 4.23. The van der Waals surface area contributed by atoms with Gasteiger partial charge < -0.3 is 4.57 Å². The van der Waals surface area contributed by atoms with E-state index in [1.165, 1.54) is 29.0 Å². The van der Waals surface area contributed by atoms with Gasteiger partial charge >= 0.3 is 5.69 Å². The van der Waals surface area contributed by atoms with Gasteiger partial charge in [0.2, 0.25) is 0 Å². The molecular weight excluding hydrogens is 261 g/mol. The van der Waals surface area contributed by atoms with Gasteiger partial charge in [-0.25, -0.2) is 9.18 Å². The highest BCUT2D eigenvalue weighted by Gasteiger charge is 2.07. The van der Waals surface area contributed by atoms with Crippen LogP contribution in [0.4, 0.5) is 4.39 Å². The number of aryl methyl sites for hydroxylation is 1. The monoisotopic (exact) mass is 273 g/mol. The molecule has 0 fully saturated rings. The first-order valence-corrected chi connectivity index (χ1v) is 6.05. The van der Waals surface area contributed by atoms with Crippen molar-refractivity contribution in [2.24, 2.45) is 0 Å². The molecule has 0 amide bonds. The van der Waals surface area contributed by atoms with Crippen molar-refractivity contribution in [2.75, 3.05) is 0 Å². The summed E-state index contributed by atoms with van der Waals surface area (Å²) in [5.41, 5.74) is -0.441. The summed E-state index contributed by atoms with van der Waals surface area (Å²) < 4.78 is 15.7. The second kappa shape index (κ2) is 5.53. The average molecular weight is 273 g/mol. The largest absolute Gasteiger partial charge is 0.331 e. The van der Waals surface area contributed by atoms with Gasteiger partial charge in [0.25, 0.3) is 5.56 Å². The Kier molecular flexibility index (Phi) is 3.80. The molecule has 0 N–H and O–H groups in total. The fourth-order valence-electron chi connectivity index (χ4n) is 1.88. The van der Waals surface area contributed by atoms with Crippen molar-refractivity contribution >= 4 is 0 Å². The van der Waals surface area contributed by atoms with Crippen LogP contribution < -0.4 is 11.2 Å². The zero-order valence-corrected chi connectivity index (χ0v) is 10.8. The summed E-state index contributed by atoms with van der Waals surface area (Å²) in [6, 6.07) is 6.97. The van der Waals surface area contributed by atoms with Crippen LogP contribution in [0.25, 0.3) is 0 Å². The molecule has 1 aromatic heterocycles. The number of nitrogens with zero attached hydrogens (tertiary/aromatic N) is 3. The molecule has 0 radical (unpaired) electrons. The zero-order chi connectivity index (χ0) is 14.7. The summed E-state index contributed by atoms with van der Waals surface area (Å²) in [6.07, 6.45) is 1.44. The molecule has 0 bridgehead atoms. The Morgan fingerprint density at radius 3 is 2.70 bits per heavy atom. The van der Waals surface area contributed by atoms with Crippen molar-refractivity contribution < 1.29 is 4.39 Å². The third-order valence-electron chi connectivity index (χ3n) is 2.97. The lowest BCUT2D eigenvalue weighted by molar-refractivity contribution is 0.596. The molecule has 1 heterocycles. The maximum absolute atomic E-state index is 13.2. The molecule has 0 saturated heterocycles. The summed E-state index contributed by atoms with van der Waals surface area (Å²) in [4.78, 5) is 23.8. The zero-order valence-electron chi connectivity index (χ0n) is 10.8. The van der Waals surface area contributed by atoms with Gasteiger partial charge in [-0.15, -0.1) is 0 Å². The SMILES string of the molecule is CCn1ccc(=O)n(Cc2ccc(F)c(C#N)c2)c1=O. The van der Waals surface area contributed by atoms with Crippen LogP contribution in [-0.4, -0.2) is 9.13 Å². The van der Waals surface area contributed by atoms with E-state index in [1.807, 2.05) is 0 Å². The molecule has 20 heavy (non-hydrogen) atoms. The minimum Gasteiger partial charge on any atom is -0.301 e. The van der Waals surface area contributed by atoms with E-state index in [0.717, 1.165) is 10.6 Å². The molecular formula is C14H12FN3O2. The van der Waals surface area contributed by atoms with Gasteiger partial charge in [-0.3, -0.25) is 9.36 Å². The molecule has 1 aromatic carbocycles. The van der Waals surface area contributed by atoms with Crippen molar-refractivity contribution in [3.63, 3.8) is 0 Å². The molecule has 0 aliphatic heterocycles. The topological polar surface area (TPSA) is 67.8 Å². The smallest absolute Gasteiger partial charge is 0.301 e. The van der Waals surface area contributed by atoms with Crippen LogP contribution in [0.3, 0.4) is 0 Å². The van der Waals surface area contributed by atoms with Gasteiger partial charge in [0.1, 0.15) is 11.9 Å². The maximum Gasteiger partial charge on any atom is 0.331 e. The molecule has 0 aliphatic rings. The predicted octanol–water partition coefficient (Wildman–Crippen LogP) is 1.09. The number of rotatable bonds is 3. The standard InChI is InChI=1S/C14H12FN3O2/c1-2-17-6-5-13(19)18(14(17)20)9-10-3-4-12(15)11(7-10)8-16/h3-7H,2,9H2,1H3. The fraction of sp³-hybridized carbons (Fsp3) is 0.214. The molecule has 6 heteroatoms. The van der Waals surface area contributed by atoms with Crippen LogP contribution in [0.1, 0.15) is 18.1 Å². The molecule has 102 valence electrons. The predicted molar refractivity (Wildman–Crippen MR) is 70.9 cm³/mol. The first-order chi connectivity index (χ1) is 9.56. The van der Waals surface area contributed by atoms with Crippen LogP contribution in [0.15, 0.2) is 40.1 Å². The number of hydrogen-bond acceptors (Lipinski definition) is 3. The highest BCUT2D eigenvalue weighted by Crippen LogP contribution is 2.09. The summed E-state index contributed by atoms with van der Waals surface area (Å²) in [7, 11) is 0. The Balaban J connectivity index is 2.48. The lowest BCUT2D eigenvalue weighted by Gasteiger charge is -2.08. The summed E-state index contributed by atoms with van der Waals surface area (Å²) in [5.74, 6) is -0.623. The van der Waals surface area contributed by atoms with E-state index in [9.17, 15) is 14.0 Å². The molecule has 0 saturated carbocycles. The quantitative estimate of drug-likeness (QED) is 0.840. The fourth-order valence-corrected chi connectivity index (χ4v) is 1.88. The number of hydrogen-bond donors (Lipinski definition) is 0. The first-order valence-electron chi connectivity index (χ1n) is 6.05. The Bertz CT molecular complexity index is 799. The minimum absolute atomic E-state index is 0.00741.